The predicted octanol–water partition coefficient (Wildman–Crippen LogP) is 2.21. The molecule has 7 heteroatoms. The van der Waals surface area contributed by atoms with Crippen molar-refractivity contribution in [3.05, 3.63) is 69.2 Å². The highest BCUT2D eigenvalue weighted by Gasteiger charge is 2.26. The first-order valence-electron chi connectivity index (χ1n) is 7.35. The molecule has 1 aliphatic heterocycles. The van der Waals surface area contributed by atoms with E-state index in [2.05, 4.69) is 0 Å². The molecule has 0 unspecified atom stereocenters. The Morgan fingerprint density at radius 1 is 1.17 bits per heavy atom. The first-order chi connectivity index (χ1) is 11.1. The number of rotatable bonds is 2. The van der Waals surface area contributed by atoms with E-state index >= 15 is 0 Å². The number of hydrogen-bond donors (Lipinski definition) is 0. The van der Waals surface area contributed by atoms with Gasteiger partial charge in [-0.05, 0) is 31.0 Å². The first-order valence-corrected chi connectivity index (χ1v) is 7.35. The molecule has 0 saturated heterocycles. The fourth-order valence-corrected chi connectivity index (χ4v) is 2.77. The topological polar surface area (TPSA) is 90.4 Å². The number of fused-ring (bicyclic) bond motifs is 1. The molecule has 0 N–H and O–H groups in total. The fraction of sp³-hybridized carbons (Fsp3) is 0.250. The maximum absolute atomic E-state index is 12.8. The molecule has 3 rings (SSSR count). The Balaban J connectivity index is 1.96. The van der Waals surface area contributed by atoms with Crippen LogP contribution in [0.1, 0.15) is 28.9 Å². The highest BCUT2D eigenvalue weighted by Crippen LogP contribution is 2.25. The third-order valence-electron chi connectivity index (χ3n) is 3.94. The largest absolute Gasteiger partial charge is 0.618 e. The predicted molar refractivity (Wildman–Crippen MR) is 83.1 cm³/mol. The van der Waals surface area contributed by atoms with Crippen LogP contribution >= 0.6 is 0 Å². The number of carbonyl (C=O) groups excluding carboxylic acids is 1. The molecule has 0 bridgehead atoms. The smallest absolute Gasteiger partial charge is 0.269 e. The lowest BCUT2D eigenvalue weighted by molar-refractivity contribution is -0.613. The number of carbonyl (C=O) groups is 1. The van der Waals surface area contributed by atoms with Gasteiger partial charge in [-0.15, -0.1) is 0 Å². The van der Waals surface area contributed by atoms with Crippen molar-refractivity contribution in [1.29, 1.82) is 0 Å². The van der Waals surface area contributed by atoms with Crippen molar-refractivity contribution < 1.29 is 14.4 Å². The molecule has 2 heterocycles. The van der Waals surface area contributed by atoms with E-state index in [1.54, 1.807) is 17.0 Å². The van der Waals surface area contributed by atoms with Crippen LogP contribution in [0.2, 0.25) is 0 Å². The minimum absolute atomic E-state index is 0.0600. The van der Waals surface area contributed by atoms with Crippen LogP contribution in [0.15, 0.2) is 42.6 Å². The quantitative estimate of drug-likeness (QED) is 0.368. The van der Waals surface area contributed by atoms with Crippen molar-refractivity contribution in [2.24, 2.45) is 0 Å². The summed E-state index contributed by atoms with van der Waals surface area (Å²) < 4.78 is 0.802. The van der Waals surface area contributed by atoms with Gasteiger partial charge in [0.25, 0.3) is 11.6 Å². The summed E-state index contributed by atoms with van der Waals surface area (Å²) in [4.78, 5) is 24.5. The molecule has 0 spiro atoms. The average Bonchev–Trinajstić information content (AvgIpc) is 2.78. The van der Waals surface area contributed by atoms with E-state index in [4.69, 9.17) is 0 Å². The van der Waals surface area contributed by atoms with E-state index < -0.39 is 4.92 Å². The molecule has 7 nitrogen and oxygen atoms in total. The zero-order valence-electron chi connectivity index (χ0n) is 12.3. The number of hydrogen-bond acceptors (Lipinski definition) is 4. The molecule has 0 saturated carbocycles. The third-order valence-corrected chi connectivity index (χ3v) is 3.94. The third kappa shape index (κ3) is 2.85. The normalized spacial score (nSPS) is 14.0. The van der Waals surface area contributed by atoms with E-state index in [0.29, 0.717) is 29.9 Å². The van der Waals surface area contributed by atoms with Gasteiger partial charge in [0, 0.05) is 36.7 Å². The van der Waals surface area contributed by atoms with E-state index in [0.717, 1.165) is 17.6 Å². The van der Waals surface area contributed by atoms with Crippen molar-refractivity contribution in [2.75, 3.05) is 11.4 Å². The summed E-state index contributed by atoms with van der Waals surface area (Å²) in [6.45, 7) is 0.521. The van der Waals surface area contributed by atoms with Crippen LogP contribution in [0, 0.1) is 15.3 Å². The van der Waals surface area contributed by atoms with Crippen LogP contribution in [-0.4, -0.2) is 17.4 Å². The Morgan fingerprint density at radius 3 is 2.61 bits per heavy atom. The Bertz CT molecular complexity index is 758. The molecule has 1 aromatic heterocycles. The molecule has 0 atom stereocenters. The Labute approximate surface area is 132 Å². The van der Waals surface area contributed by atoms with Crippen LogP contribution < -0.4 is 9.63 Å². The summed E-state index contributed by atoms with van der Waals surface area (Å²) in [6.07, 6.45) is 3.69. The maximum Gasteiger partial charge on any atom is 0.269 e. The van der Waals surface area contributed by atoms with Gasteiger partial charge >= 0.3 is 0 Å². The first kappa shape index (κ1) is 15.0. The standard InChI is InChI=1S/C16H15N3O4/c20-16(12-6-8-13(9-7-12)19(22)23)17-10-2-1-4-15-14(17)5-3-11-18(15)21/h3,5-9,11H,1-2,4,10H2. The van der Waals surface area contributed by atoms with Crippen molar-refractivity contribution in [2.45, 2.75) is 19.3 Å². The Morgan fingerprint density at radius 2 is 1.91 bits per heavy atom. The zero-order chi connectivity index (χ0) is 16.4. The Hall–Kier alpha value is -2.96. The second-order valence-electron chi connectivity index (χ2n) is 5.38. The number of pyridine rings is 1. The highest BCUT2D eigenvalue weighted by atomic mass is 16.6. The summed E-state index contributed by atoms with van der Waals surface area (Å²) >= 11 is 0. The second-order valence-corrected chi connectivity index (χ2v) is 5.38. The highest BCUT2D eigenvalue weighted by molar-refractivity contribution is 6.06. The SMILES string of the molecule is O=C(c1ccc([N+](=O)[O-])cc1)N1CCCCc2c1ccc[n+]2[O-]. The van der Waals surface area contributed by atoms with Gasteiger partial charge in [0.15, 0.2) is 6.20 Å². The number of nitro benzene ring substituents is 1. The molecule has 118 valence electrons. The van der Waals surface area contributed by atoms with Gasteiger partial charge in [-0.3, -0.25) is 14.9 Å². The maximum atomic E-state index is 12.8. The van der Waals surface area contributed by atoms with E-state index in [1.807, 2.05) is 0 Å². The number of nitro groups is 1. The van der Waals surface area contributed by atoms with Gasteiger partial charge in [-0.25, -0.2) is 0 Å². The lowest BCUT2D eigenvalue weighted by atomic mass is 10.1. The van der Waals surface area contributed by atoms with Crippen LogP contribution in [0.5, 0.6) is 0 Å². The Kier molecular flexibility index (Phi) is 3.92. The van der Waals surface area contributed by atoms with Gasteiger partial charge in [0.2, 0.25) is 5.69 Å². The van der Waals surface area contributed by atoms with Crippen LogP contribution in [0.4, 0.5) is 11.4 Å². The monoisotopic (exact) mass is 313 g/mol. The fourth-order valence-electron chi connectivity index (χ4n) is 2.77. The number of nitrogens with zero attached hydrogens (tertiary/aromatic N) is 3. The summed E-state index contributed by atoms with van der Waals surface area (Å²) in [5, 5.41) is 22.6. The molecule has 1 aromatic carbocycles. The molecule has 0 aliphatic carbocycles. The van der Waals surface area contributed by atoms with Gasteiger partial charge in [-0.1, -0.05) is 0 Å². The van der Waals surface area contributed by atoms with E-state index in [-0.39, 0.29) is 11.6 Å². The lowest BCUT2D eigenvalue weighted by Crippen LogP contribution is -2.37. The summed E-state index contributed by atoms with van der Waals surface area (Å²) in [5.41, 5.74) is 1.50. The average molecular weight is 313 g/mol. The molecule has 0 radical (unpaired) electrons. The number of anilines is 1. The molecular weight excluding hydrogens is 298 g/mol. The van der Waals surface area contributed by atoms with E-state index in [9.17, 15) is 20.1 Å². The van der Waals surface area contributed by atoms with Gasteiger partial charge in [-0.2, -0.15) is 4.73 Å². The van der Waals surface area contributed by atoms with Gasteiger partial charge in [0.05, 0.1) is 4.92 Å². The molecule has 1 aliphatic rings. The molecule has 2 aromatic rings. The van der Waals surface area contributed by atoms with Crippen molar-refractivity contribution in [3.63, 3.8) is 0 Å². The van der Waals surface area contributed by atoms with Crippen LogP contribution in [0.3, 0.4) is 0 Å². The summed E-state index contributed by atoms with van der Waals surface area (Å²) in [6, 6.07) is 8.89. The van der Waals surface area contributed by atoms with Crippen LogP contribution in [-0.2, 0) is 6.42 Å². The number of non-ortho nitro benzene ring substituents is 1. The molecular formula is C16H15N3O4. The number of amides is 1. The zero-order valence-corrected chi connectivity index (χ0v) is 12.3. The summed E-state index contributed by atoms with van der Waals surface area (Å²) in [5.74, 6) is -0.255. The number of benzene rings is 1. The van der Waals surface area contributed by atoms with Crippen molar-refractivity contribution >= 4 is 17.3 Å². The second kappa shape index (κ2) is 6.04. The number of aromatic nitrogens is 1. The minimum Gasteiger partial charge on any atom is -0.618 e. The van der Waals surface area contributed by atoms with Crippen molar-refractivity contribution in [3.8, 4) is 0 Å². The van der Waals surface area contributed by atoms with Crippen molar-refractivity contribution in [1.82, 2.24) is 0 Å². The minimum atomic E-state index is -0.504. The molecule has 1 amide bonds. The van der Waals surface area contributed by atoms with Gasteiger partial charge < -0.3 is 10.1 Å². The van der Waals surface area contributed by atoms with Crippen LogP contribution in [0.25, 0.3) is 0 Å². The lowest BCUT2D eigenvalue weighted by Gasteiger charge is -2.21. The molecule has 23 heavy (non-hydrogen) atoms. The molecule has 0 fully saturated rings. The van der Waals surface area contributed by atoms with Gasteiger partial charge in [0.1, 0.15) is 5.69 Å². The van der Waals surface area contributed by atoms with E-state index in [1.165, 1.54) is 30.5 Å². The summed E-state index contributed by atoms with van der Waals surface area (Å²) in [7, 11) is 0.